The molecule has 2 aromatic heterocycles. The number of benzene rings is 1. The monoisotopic (exact) mass is 393 g/mol. The van der Waals surface area contributed by atoms with E-state index < -0.39 is 5.97 Å². The zero-order valence-corrected chi connectivity index (χ0v) is 13.9. The lowest BCUT2D eigenvalue weighted by Crippen LogP contribution is -2.05. The van der Waals surface area contributed by atoms with E-state index in [1.807, 2.05) is 24.3 Å². The van der Waals surface area contributed by atoms with E-state index in [9.17, 15) is 4.79 Å². The zero-order chi connectivity index (χ0) is 16.2. The lowest BCUT2D eigenvalue weighted by atomic mass is 10.2. The number of hydrogen-bond donors (Lipinski definition) is 0. The lowest BCUT2D eigenvalue weighted by Gasteiger charge is -2.01. The molecule has 3 aromatic rings. The van der Waals surface area contributed by atoms with Gasteiger partial charge in [0.15, 0.2) is 6.61 Å². The summed E-state index contributed by atoms with van der Waals surface area (Å²) in [7, 11) is 0. The maximum atomic E-state index is 11.8. The number of aromatic nitrogens is 3. The van der Waals surface area contributed by atoms with E-state index in [4.69, 9.17) is 20.8 Å². The van der Waals surface area contributed by atoms with E-state index >= 15 is 0 Å². The molecular weight excluding hydrogens is 386 g/mol. The van der Waals surface area contributed by atoms with Crippen molar-refractivity contribution in [2.45, 2.75) is 6.61 Å². The van der Waals surface area contributed by atoms with Gasteiger partial charge in [0.05, 0.1) is 5.56 Å². The molecular formula is C15H9BrClN3O3. The van der Waals surface area contributed by atoms with Crippen LogP contribution in [0, 0.1) is 0 Å². The van der Waals surface area contributed by atoms with E-state index in [0.29, 0.717) is 16.6 Å². The summed E-state index contributed by atoms with van der Waals surface area (Å²) in [5.74, 6) is 0.0208. The quantitative estimate of drug-likeness (QED) is 0.493. The number of hydrogen-bond acceptors (Lipinski definition) is 6. The Morgan fingerprint density at radius 3 is 2.65 bits per heavy atom. The first-order valence-electron chi connectivity index (χ1n) is 6.49. The van der Waals surface area contributed by atoms with E-state index in [1.165, 1.54) is 18.3 Å². The maximum absolute atomic E-state index is 11.8. The number of nitrogens with zero attached hydrogens (tertiary/aromatic N) is 3. The van der Waals surface area contributed by atoms with Gasteiger partial charge in [0, 0.05) is 16.2 Å². The molecule has 8 heteroatoms. The number of rotatable bonds is 4. The maximum Gasteiger partial charge on any atom is 0.340 e. The van der Waals surface area contributed by atoms with Gasteiger partial charge in [-0.2, -0.15) is 0 Å². The van der Waals surface area contributed by atoms with Crippen LogP contribution in [0.2, 0.25) is 5.15 Å². The van der Waals surface area contributed by atoms with Crippen molar-refractivity contribution < 1.29 is 13.9 Å². The molecule has 0 saturated heterocycles. The van der Waals surface area contributed by atoms with Crippen LogP contribution >= 0.6 is 27.5 Å². The molecule has 6 nitrogen and oxygen atoms in total. The molecule has 116 valence electrons. The molecule has 0 fully saturated rings. The number of carbonyl (C=O) groups excluding carboxylic acids is 1. The summed E-state index contributed by atoms with van der Waals surface area (Å²) in [4.78, 5) is 15.7. The Labute approximate surface area is 144 Å². The van der Waals surface area contributed by atoms with Crippen molar-refractivity contribution in [3.05, 3.63) is 63.7 Å². The smallest absolute Gasteiger partial charge is 0.340 e. The third-order valence-corrected chi connectivity index (χ3v) is 3.60. The van der Waals surface area contributed by atoms with Crippen molar-refractivity contribution in [2.24, 2.45) is 0 Å². The molecule has 0 aliphatic heterocycles. The Hall–Kier alpha value is -2.25. The van der Waals surface area contributed by atoms with Crippen LogP contribution in [0.25, 0.3) is 11.5 Å². The normalized spacial score (nSPS) is 10.5. The summed E-state index contributed by atoms with van der Waals surface area (Å²) in [5.41, 5.74) is 1.07. The Balaban J connectivity index is 1.64. The van der Waals surface area contributed by atoms with Gasteiger partial charge in [0.25, 0.3) is 5.89 Å². The fourth-order valence-electron chi connectivity index (χ4n) is 1.73. The highest BCUT2D eigenvalue weighted by molar-refractivity contribution is 9.10. The zero-order valence-electron chi connectivity index (χ0n) is 11.6. The summed E-state index contributed by atoms with van der Waals surface area (Å²) < 4.78 is 11.5. The highest BCUT2D eigenvalue weighted by Gasteiger charge is 2.12. The SMILES string of the molecule is O=C(OCc1nnc(-c2ccc(Br)cc2)o1)c1ccc(Cl)nc1. The Morgan fingerprint density at radius 2 is 1.96 bits per heavy atom. The van der Waals surface area contributed by atoms with Gasteiger partial charge in [0.1, 0.15) is 5.15 Å². The number of halogens is 2. The Kier molecular flexibility index (Phi) is 4.68. The van der Waals surface area contributed by atoms with Gasteiger partial charge >= 0.3 is 5.97 Å². The first-order chi connectivity index (χ1) is 11.1. The van der Waals surface area contributed by atoms with Crippen molar-refractivity contribution in [3.8, 4) is 11.5 Å². The molecule has 0 N–H and O–H groups in total. The van der Waals surface area contributed by atoms with Crippen molar-refractivity contribution in [2.75, 3.05) is 0 Å². The predicted molar refractivity (Wildman–Crippen MR) is 85.8 cm³/mol. The minimum absolute atomic E-state index is 0.120. The minimum Gasteiger partial charge on any atom is -0.452 e. The molecule has 0 amide bonds. The molecule has 0 saturated carbocycles. The topological polar surface area (TPSA) is 78.1 Å². The molecule has 0 bridgehead atoms. The van der Waals surface area contributed by atoms with Gasteiger partial charge in [-0.3, -0.25) is 0 Å². The Bertz CT molecular complexity index is 819. The summed E-state index contributed by atoms with van der Waals surface area (Å²) in [5, 5.41) is 8.08. The van der Waals surface area contributed by atoms with E-state index in [-0.39, 0.29) is 12.5 Å². The fraction of sp³-hybridized carbons (Fsp3) is 0.0667. The van der Waals surface area contributed by atoms with Crippen LogP contribution in [0.3, 0.4) is 0 Å². The molecule has 0 radical (unpaired) electrons. The summed E-state index contributed by atoms with van der Waals surface area (Å²) >= 11 is 9.01. The molecule has 0 spiro atoms. The number of esters is 1. The molecule has 0 aliphatic rings. The van der Waals surface area contributed by atoms with Gasteiger partial charge in [-0.05, 0) is 36.4 Å². The molecule has 0 atom stereocenters. The molecule has 0 aliphatic carbocycles. The summed E-state index contributed by atoms with van der Waals surface area (Å²) in [6.07, 6.45) is 1.34. The van der Waals surface area contributed by atoms with Gasteiger partial charge in [-0.1, -0.05) is 27.5 Å². The van der Waals surface area contributed by atoms with Gasteiger partial charge in [-0.25, -0.2) is 9.78 Å². The average Bonchev–Trinajstić information content (AvgIpc) is 3.03. The largest absolute Gasteiger partial charge is 0.452 e. The van der Waals surface area contributed by atoms with Crippen LogP contribution in [0.1, 0.15) is 16.2 Å². The van der Waals surface area contributed by atoms with Crippen molar-refractivity contribution in [1.29, 1.82) is 0 Å². The van der Waals surface area contributed by atoms with Crippen LogP contribution in [0.15, 0.2) is 51.5 Å². The van der Waals surface area contributed by atoms with Crippen LogP contribution in [0.5, 0.6) is 0 Å². The lowest BCUT2D eigenvalue weighted by molar-refractivity contribution is 0.0438. The van der Waals surface area contributed by atoms with Crippen LogP contribution in [0.4, 0.5) is 0 Å². The van der Waals surface area contributed by atoms with Crippen molar-refractivity contribution in [3.63, 3.8) is 0 Å². The molecule has 3 rings (SSSR count). The second-order valence-electron chi connectivity index (χ2n) is 4.45. The minimum atomic E-state index is -0.544. The van der Waals surface area contributed by atoms with Crippen molar-refractivity contribution >= 4 is 33.5 Å². The van der Waals surface area contributed by atoms with Crippen LogP contribution in [-0.2, 0) is 11.3 Å². The van der Waals surface area contributed by atoms with Crippen LogP contribution < -0.4 is 0 Å². The number of pyridine rings is 1. The molecule has 2 heterocycles. The van der Waals surface area contributed by atoms with Gasteiger partial charge in [0.2, 0.25) is 5.89 Å². The van der Waals surface area contributed by atoms with E-state index in [0.717, 1.165) is 10.0 Å². The third-order valence-electron chi connectivity index (χ3n) is 2.85. The molecule has 1 aromatic carbocycles. The van der Waals surface area contributed by atoms with Crippen molar-refractivity contribution in [1.82, 2.24) is 15.2 Å². The first kappa shape index (κ1) is 15.6. The number of carbonyl (C=O) groups is 1. The van der Waals surface area contributed by atoms with E-state index in [1.54, 1.807) is 0 Å². The standard InChI is InChI=1S/C15H9BrClN3O3/c16-11-4-1-9(2-5-11)14-20-19-13(23-14)8-22-15(21)10-3-6-12(17)18-7-10/h1-7H,8H2. The van der Waals surface area contributed by atoms with E-state index in [2.05, 4.69) is 31.1 Å². The predicted octanol–water partition coefficient (Wildman–Crippen LogP) is 3.90. The highest BCUT2D eigenvalue weighted by Crippen LogP contribution is 2.20. The first-order valence-corrected chi connectivity index (χ1v) is 7.66. The van der Waals surface area contributed by atoms with Crippen LogP contribution in [-0.4, -0.2) is 21.2 Å². The van der Waals surface area contributed by atoms with Gasteiger partial charge in [-0.15, -0.1) is 10.2 Å². The van der Waals surface area contributed by atoms with Gasteiger partial charge < -0.3 is 9.15 Å². The second-order valence-corrected chi connectivity index (χ2v) is 5.76. The third kappa shape index (κ3) is 3.94. The Morgan fingerprint density at radius 1 is 1.17 bits per heavy atom. The highest BCUT2D eigenvalue weighted by atomic mass is 79.9. The fourth-order valence-corrected chi connectivity index (χ4v) is 2.10. The molecule has 0 unspecified atom stereocenters. The number of ether oxygens (including phenoxy) is 1. The average molecular weight is 395 g/mol. The molecule has 23 heavy (non-hydrogen) atoms. The summed E-state index contributed by atoms with van der Waals surface area (Å²) in [6.45, 7) is -0.120. The second kappa shape index (κ2) is 6.89. The summed E-state index contributed by atoms with van der Waals surface area (Å²) in [6, 6.07) is 10.5.